The van der Waals surface area contributed by atoms with E-state index in [-0.39, 0.29) is 18.2 Å². The molecule has 0 aliphatic carbocycles. The minimum absolute atomic E-state index is 0.206. The van der Waals surface area contributed by atoms with Gasteiger partial charge in [0.25, 0.3) is 13.3 Å². The van der Waals surface area contributed by atoms with Crippen LogP contribution in [0.5, 0.6) is 0 Å². The van der Waals surface area contributed by atoms with Gasteiger partial charge >= 0.3 is 0 Å². The molecule has 2 aromatic heterocycles. The maximum atomic E-state index is 14.6. The Morgan fingerprint density at radius 3 is 2.45 bits per heavy atom. The Balaban J connectivity index is 1.89. The van der Waals surface area contributed by atoms with Gasteiger partial charge in [-0.15, -0.1) is 0 Å². The van der Waals surface area contributed by atoms with Crippen molar-refractivity contribution < 1.29 is 13.9 Å². The van der Waals surface area contributed by atoms with Gasteiger partial charge in [0.05, 0.1) is 11.9 Å². The number of rotatable bonds is 7. The van der Waals surface area contributed by atoms with E-state index < -0.39 is 7.37 Å². The van der Waals surface area contributed by atoms with E-state index in [4.69, 9.17) is 16.1 Å². The third kappa shape index (κ3) is 4.74. The van der Waals surface area contributed by atoms with Gasteiger partial charge in [-0.05, 0) is 68.8 Å². The van der Waals surface area contributed by atoms with Crippen LogP contribution in [0.2, 0.25) is 5.02 Å². The summed E-state index contributed by atoms with van der Waals surface area (Å²) in [5, 5.41) is 4.88. The predicted octanol–water partition coefficient (Wildman–Crippen LogP) is 5.03. The molecule has 2 N–H and O–H groups in total. The maximum absolute atomic E-state index is 14.6. The van der Waals surface area contributed by atoms with E-state index in [2.05, 4.69) is 15.3 Å². The molecular formula is C25H25ClN3O3P. The molecule has 0 fully saturated rings. The van der Waals surface area contributed by atoms with Crippen molar-refractivity contribution in [2.75, 3.05) is 6.61 Å². The second-order valence-corrected chi connectivity index (χ2v) is 10.7. The number of fused-ring (bicyclic) bond motifs is 1. The van der Waals surface area contributed by atoms with E-state index in [1.807, 2.05) is 44.2 Å². The minimum atomic E-state index is -3.64. The number of amides is 1. The van der Waals surface area contributed by atoms with E-state index in [0.717, 1.165) is 16.7 Å². The highest BCUT2D eigenvalue weighted by molar-refractivity contribution is 7.75. The van der Waals surface area contributed by atoms with Crippen LogP contribution in [0.3, 0.4) is 0 Å². The van der Waals surface area contributed by atoms with Crippen molar-refractivity contribution >= 4 is 46.4 Å². The Morgan fingerprint density at radius 1 is 1.09 bits per heavy atom. The van der Waals surface area contributed by atoms with E-state index in [0.29, 0.717) is 33.1 Å². The van der Waals surface area contributed by atoms with Gasteiger partial charge in [0.15, 0.2) is 0 Å². The summed E-state index contributed by atoms with van der Waals surface area (Å²) in [5.41, 5.74) is 3.70. The zero-order valence-corrected chi connectivity index (χ0v) is 20.3. The topological polar surface area (TPSA) is 84.1 Å². The van der Waals surface area contributed by atoms with E-state index in [1.165, 1.54) is 0 Å². The molecule has 2 heterocycles. The first-order valence-electron chi connectivity index (χ1n) is 10.6. The van der Waals surface area contributed by atoms with Crippen LogP contribution in [0.15, 0.2) is 60.9 Å². The van der Waals surface area contributed by atoms with E-state index >= 15 is 0 Å². The number of hydrogen-bond acceptors (Lipinski definition) is 4. The summed E-state index contributed by atoms with van der Waals surface area (Å²) < 4.78 is 20.6. The zero-order chi connectivity index (χ0) is 23.6. The summed E-state index contributed by atoms with van der Waals surface area (Å²) >= 11 is 6.29. The number of nitrogens with one attached hydrogen (secondary N) is 2. The maximum Gasteiger partial charge on any atom is 0.268 e. The number of hydrogen-bond donors (Lipinski definition) is 2. The quantitative estimate of drug-likeness (QED) is 0.363. The fourth-order valence-corrected chi connectivity index (χ4v) is 6.74. The third-order valence-electron chi connectivity index (χ3n) is 5.31. The summed E-state index contributed by atoms with van der Waals surface area (Å²) in [6.07, 6.45) is 3.34. The van der Waals surface area contributed by atoms with Crippen LogP contribution in [0.4, 0.5) is 0 Å². The van der Waals surface area contributed by atoms with Crippen LogP contribution in [0.1, 0.15) is 34.1 Å². The van der Waals surface area contributed by atoms with Crippen LogP contribution in [0.25, 0.3) is 10.9 Å². The normalized spacial score (nSPS) is 13.1. The first-order valence-corrected chi connectivity index (χ1v) is 12.6. The van der Waals surface area contributed by atoms with Gasteiger partial charge < -0.3 is 14.8 Å². The van der Waals surface area contributed by atoms with Crippen LogP contribution >= 0.6 is 19.0 Å². The van der Waals surface area contributed by atoms with E-state index in [1.54, 1.807) is 37.5 Å². The number of aromatic amines is 1. The summed E-state index contributed by atoms with van der Waals surface area (Å²) in [6.45, 7) is 6.21. The molecule has 8 heteroatoms. The van der Waals surface area contributed by atoms with Gasteiger partial charge in [-0.25, -0.2) is 0 Å². The number of carbonyl (C=O) groups is 1. The Hall–Kier alpha value is -2.92. The molecule has 33 heavy (non-hydrogen) atoms. The molecule has 2 aromatic carbocycles. The molecule has 0 saturated heterocycles. The molecule has 1 unspecified atom stereocenters. The number of halogens is 1. The molecule has 0 spiro atoms. The molecule has 0 radical (unpaired) electrons. The molecular weight excluding hydrogens is 457 g/mol. The highest BCUT2D eigenvalue weighted by Gasteiger charge is 2.36. The number of carbonyl (C=O) groups excluding carboxylic acids is 1. The monoisotopic (exact) mass is 481 g/mol. The predicted molar refractivity (Wildman–Crippen MR) is 133 cm³/mol. The summed E-state index contributed by atoms with van der Waals surface area (Å²) in [4.78, 5) is 20.5. The van der Waals surface area contributed by atoms with Crippen molar-refractivity contribution in [3.05, 3.63) is 88.3 Å². The second kappa shape index (κ2) is 9.52. The van der Waals surface area contributed by atoms with Crippen molar-refractivity contribution in [1.82, 2.24) is 15.3 Å². The van der Waals surface area contributed by atoms with Crippen molar-refractivity contribution in [3.8, 4) is 0 Å². The van der Waals surface area contributed by atoms with E-state index in [9.17, 15) is 9.36 Å². The van der Waals surface area contributed by atoms with Crippen LogP contribution < -0.4 is 15.9 Å². The lowest BCUT2D eigenvalue weighted by Crippen LogP contribution is -2.30. The van der Waals surface area contributed by atoms with Crippen molar-refractivity contribution in [2.24, 2.45) is 0 Å². The number of aryl methyl sites for hydroxylation is 2. The fourth-order valence-electron chi connectivity index (χ4n) is 3.96. The average Bonchev–Trinajstić information content (AvgIpc) is 3.17. The van der Waals surface area contributed by atoms with Crippen molar-refractivity contribution in [3.63, 3.8) is 0 Å². The number of nitrogens with zero attached hydrogens (tertiary/aromatic N) is 1. The lowest BCUT2D eigenvalue weighted by molar-refractivity contribution is 0.0947. The zero-order valence-electron chi connectivity index (χ0n) is 18.7. The van der Waals surface area contributed by atoms with Gasteiger partial charge in [-0.2, -0.15) is 0 Å². The summed E-state index contributed by atoms with van der Waals surface area (Å²) in [7, 11) is -3.64. The second-order valence-electron chi connectivity index (χ2n) is 7.89. The lowest BCUT2D eigenvalue weighted by Gasteiger charge is -2.20. The van der Waals surface area contributed by atoms with Crippen LogP contribution in [-0.2, 0) is 15.6 Å². The Bertz CT molecular complexity index is 1350. The molecule has 1 amide bonds. The molecule has 0 aliphatic rings. The average molecular weight is 482 g/mol. The van der Waals surface area contributed by atoms with Crippen LogP contribution in [0, 0.1) is 13.8 Å². The standard InChI is InChI=1S/C25H25ClN3O3P/c1-4-32-33(31,20-12-16(2)11-17(3)13-20)24-21-14-19(26)5-6-22(21)29-23(24)25(30)28-15-18-7-9-27-10-8-18/h5-14,29H,4,15H2,1-3H3,(H,28,30). The molecule has 0 saturated carbocycles. The third-order valence-corrected chi connectivity index (χ3v) is 8.16. The first-order chi connectivity index (χ1) is 15.8. The molecule has 170 valence electrons. The summed E-state index contributed by atoms with van der Waals surface area (Å²) in [5.74, 6) is -0.376. The Morgan fingerprint density at radius 2 is 1.79 bits per heavy atom. The molecule has 1 atom stereocenters. The van der Waals surface area contributed by atoms with Crippen molar-refractivity contribution in [1.29, 1.82) is 0 Å². The number of H-pyrrole nitrogens is 1. The fraction of sp³-hybridized carbons (Fsp3) is 0.200. The molecule has 6 nitrogen and oxygen atoms in total. The SMILES string of the molecule is CCOP(=O)(c1cc(C)cc(C)c1)c1c(C(=O)NCc2ccncc2)[nH]c2ccc(Cl)cc12. The highest BCUT2D eigenvalue weighted by Crippen LogP contribution is 2.48. The number of pyridine rings is 1. The molecule has 4 aromatic rings. The lowest BCUT2D eigenvalue weighted by atomic mass is 10.2. The largest absolute Gasteiger partial charge is 0.350 e. The van der Waals surface area contributed by atoms with Gasteiger partial charge in [0.2, 0.25) is 0 Å². The number of benzene rings is 2. The molecule has 4 rings (SSSR count). The van der Waals surface area contributed by atoms with Gasteiger partial charge in [0.1, 0.15) is 5.69 Å². The summed E-state index contributed by atoms with van der Waals surface area (Å²) in [6, 6.07) is 14.6. The van der Waals surface area contributed by atoms with Gasteiger partial charge in [0, 0.05) is 40.2 Å². The van der Waals surface area contributed by atoms with Gasteiger partial charge in [-0.3, -0.25) is 14.3 Å². The molecule has 0 aliphatic heterocycles. The van der Waals surface area contributed by atoms with Crippen molar-refractivity contribution in [2.45, 2.75) is 27.3 Å². The minimum Gasteiger partial charge on any atom is -0.350 e. The molecule has 0 bridgehead atoms. The number of aromatic nitrogens is 2. The van der Waals surface area contributed by atoms with Crippen LogP contribution in [-0.4, -0.2) is 22.5 Å². The van der Waals surface area contributed by atoms with Gasteiger partial charge in [-0.1, -0.05) is 28.8 Å². The first kappa shape index (κ1) is 23.2. The highest BCUT2D eigenvalue weighted by atomic mass is 35.5. The Kier molecular flexibility index (Phi) is 6.71. The Labute approximate surface area is 197 Å². The smallest absolute Gasteiger partial charge is 0.268 e.